The van der Waals surface area contributed by atoms with Crippen LogP contribution >= 0.6 is 11.3 Å². The molecule has 1 aromatic carbocycles. The molecule has 0 fully saturated rings. The zero-order chi connectivity index (χ0) is 22.9. The van der Waals surface area contributed by atoms with E-state index in [1.807, 2.05) is 23.7 Å². The Kier molecular flexibility index (Phi) is 5.80. The van der Waals surface area contributed by atoms with Crippen molar-refractivity contribution in [3.63, 3.8) is 0 Å². The third kappa shape index (κ3) is 4.20. The largest absolute Gasteiger partial charge is 0.457 e. The molecule has 5 rings (SSSR count). The van der Waals surface area contributed by atoms with Gasteiger partial charge in [0, 0.05) is 18.3 Å². The van der Waals surface area contributed by atoms with Crippen LogP contribution in [0.3, 0.4) is 0 Å². The van der Waals surface area contributed by atoms with E-state index in [4.69, 9.17) is 10.5 Å². The van der Waals surface area contributed by atoms with Crippen molar-refractivity contribution in [2.45, 2.75) is 51.6 Å². The van der Waals surface area contributed by atoms with Gasteiger partial charge in [-0.05, 0) is 43.4 Å². The van der Waals surface area contributed by atoms with E-state index in [1.165, 1.54) is 23.3 Å². The summed E-state index contributed by atoms with van der Waals surface area (Å²) in [5.74, 6) is 1.00. The van der Waals surface area contributed by atoms with E-state index in [0.29, 0.717) is 29.3 Å². The molecule has 1 aliphatic rings. The predicted octanol–water partition coefficient (Wildman–Crippen LogP) is 3.47. The minimum atomic E-state index is -0.401. The number of thiophene rings is 1. The highest BCUT2D eigenvalue weighted by Crippen LogP contribution is 2.37. The fraction of sp³-hybridized carbons (Fsp3) is 0.375. The first-order chi connectivity index (χ1) is 16.0. The molecule has 0 bridgehead atoms. The molecule has 3 aromatic heterocycles. The topological polar surface area (TPSA) is 113 Å². The van der Waals surface area contributed by atoms with Crippen LogP contribution < -0.4 is 11.3 Å². The Bertz CT molecular complexity index is 1430. The molecule has 9 heteroatoms. The second kappa shape index (κ2) is 8.90. The van der Waals surface area contributed by atoms with E-state index < -0.39 is 5.97 Å². The molecule has 0 radical (unpaired) electrons. The number of nitrogens with two attached hydrogens (primary N) is 1. The van der Waals surface area contributed by atoms with E-state index in [0.717, 1.165) is 35.0 Å². The van der Waals surface area contributed by atoms with Gasteiger partial charge in [0.05, 0.1) is 22.7 Å². The molecule has 4 aromatic rings. The van der Waals surface area contributed by atoms with Crippen molar-refractivity contribution in [3.8, 4) is 0 Å². The third-order valence-corrected chi connectivity index (χ3v) is 7.35. The smallest absolute Gasteiger partial charge is 0.306 e. The van der Waals surface area contributed by atoms with Crippen LogP contribution in [0.1, 0.15) is 47.8 Å². The minimum Gasteiger partial charge on any atom is -0.457 e. The van der Waals surface area contributed by atoms with Gasteiger partial charge in [-0.25, -0.2) is 9.97 Å². The van der Waals surface area contributed by atoms with E-state index >= 15 is 0 Å². The summed E-state index contributed by atoms with van der Waals surface area (Å²) >= 11 is 1.67. The first-order valence-electron chi connectivity index (χ1n) is 11.2. The number of nitrogens with zero attached hydrogens (tertiary/aromatic N) is 4. The third-order valence-electron chi connectivity index (χ3n) is 6.17. The molecular weight excluding hydrogens is 438 g/mol. The van der Waals surface area contributed by atoms with E-state index in [1.54, 1.807) is 23.5 Å². The highest BCUT2D eigenvalue weighted by Gasteiger charge is 2.20. The number of para-hydroxylation sites is 1. The van der Waals surface area contributed by atoms with Crippen molar-refractivity contribution in [2.75, 3.05) is 5.73 Å². The molecule has 170 valence electrons. The van der Waals surface area contributed by atoms with Gasteiger partial charge in [-0.2, -0.15) is 4.98 Å². The van der Waals surface area contributed by atoms with Gasteiger partial charge >= 0.3 is 5.97 Å². The number of benzene rings is 1. The van der Waals surface area contributed by atoms with Gasteiger partial charge < -0.3 is 15.0 Å². The molecule has 33 heavy (non-hydrogen) atoms. The normalized spacial score (nSPS) is 13.7. The Morgan fingerprint density at radius 3 is 2.85 bits per heavy atom. The molecule has 0 aliphatic heterocycles. The van der Waals surface area contributed by atoms with E-state index in [9.17, 15) is 9.59 Å². The molecule has 2 N–H and O–H groups in total. The predicted molar refractivity (Wildman–Crippen MR) is 128 cm³/mol. The second-order valence-corrected chi connectivity index (χ2v) is 9.42. The van der Waals surface area contributed by atoms with Crippen molar-refractivity contribution in [1.82, 2.24) is 19.5 Å². The molecule has 0 saturated carbocycles. The average Bonchev–Trinajstić information content (AvgIpc) is 3.01. The number of rotatable bonds is 5. The maximum absolute atomic E-state index is 12.4. The van der Waals surface area contributed by atoms with Gasteiger partial charge in [-0.1, -0.05) is 18.6 Å². The zero-order valence-electron chi connectivity index (χ0n) is 18.5. The number of nitrogen functional groups attached to an aromatic ring is 1. The van der Waals surface area contributed by atoms with E-state index in [-0.39, 0.29) is 18.6 Å². The quantitative estimate of drug-likeness (QED) is 0.356. The fourth-order valence-corrected chi connectivity index (χ4v) is 5.75. The van der Waals surface area contributed by atoms with Crippen LogP contribution in [0.15, 0.2) is 29.1 Å². The summed E-state index contributed by atoms with van der Waals surface area (Å²) in [6.07, 6.45) is 6.07. The number of anilines is 1. The molecule has 0 spiro atoms. The molecule has 0 atom stereocenters. The van der Waals surface area contributed by atoms with Gasteiger partial charge in [-0.15, -0.1) is 11.3 Å². The summed E-state index contributed by atoms with van der Waals surface area (Å²) in [7, 11) is 1.84. The Morgan fingerprint density at radius 1 is 1.15 bits per heavy atom. The number of esters is 1. The van der Waals surface area contributed by atoms with Crippen LogP contribution in [0.5, 0.6) is 0 Å². The van der Waals surface area contributed by atoms with Gasteiger partial charge in [0.25, 0.3) is 5.56 Å². The van der Waals surface area contributed by atoms with Crippen LogP contribution in [0, 0.1) is 0 Å². The second-order valence-electron chi connectivity index (χ2n) is 8.34. The standard InChI is InChI=1S/C24H25N5O3S/c1-29-16-9-6-5-7-14(16)23(31)28-19(29)11-12-20(30)32-13-18-26-22(25)21-15-8-3-2-4-10-17(15)33-24(21)27-18/h5-7,9H,2-4,8,10-13H2,1H3,(H2,25,26,27). The highest BCUT2D eigenvalue weighted by molar-refractivity contribution is 7.19. The van der Waals surface area contributed by atoms with Gasteiger partial charge in [-0.3, -0.25) is 9.59 Å². The summed E-state index contributed by atoms with van der Waals surface area (Å²) in [4.78, 5) is 40.0. The average molecular weight is 464 g/mol. The van der Waals surface area contributed by atoms with Gasteiger partial charge in [0.1, 0.15) is 16.5 Å². The number of hydrogen-bond donors (Lipinski definition) is 1. The number of hydrogen-bond acceptors (Lipinski definition) is 8. The number of fused-ring (bicyclic) bond motifs is 4. The Hall–Kier alpha value is -3.33. The van der Waals surface area contributed by atoms with Crippen LogP contribution in [0.2, 0.25) is 0 Å². The molecule has 0 unspecified atom stereocenters. The lowest BCUT2D eigenvalue weighted by Gasteiger charge is -2.11. The highest BCUT2D eigenvalue weighted by atomic mass is 32.1. The van der Waals surface area contributed by atoms with Crippen molar-refractivity contribution in [3.05, 3.63) is 56.7 Å². The van der Waals surface area contributed by atoms with Crippen LogP contribution in [0.4, 0.5) is 5.82 Å². The Balaban J connectivity index is 1.26. The number of carbonyl (C=O) groups excluding carboxylic acids is 1. The van der Waals surface area contributed by atoms with Crippen molar-refractivity contribution in [2.24, 2.45) is 7.05 Å². The Labute approximate surface area is 194 Å². The fourth-order valence-electron chi connectivity index (χ4n) is 4.47. The summed E-state index contributed by atoms with van der Waals surface area (Å²) in [5.41, 5.74) is 8.05. The Morgan fingerprint density at radius 2 is 1.97 bits per heavy atom. The lowest BCUT2D eigenvalue weighted by Crippen LogP contribution is -2.18. The first kappa shape index (κ1) is 21.5. The van der Waals surface area contributed by atoms with Gasteiger partial charge in [0.15, 0.2) is 12.4 Å². The number of aryl methyl sites for hydroxylation is 4. The summed E-state index contributed by atoms with van der Waals surface area (Å²) in [5, 5.41) is 1.53. The molecule has 8 nitrogen and oxygen atoms in total. The summed E-state index contributed by atoms with van der Waals surface area (Å²) in [6, 6.07) is 7.29. The zero-order valence-corrected chi connectivity index (χ0v) is 19.3. The lowest BCUT2D eigenvalue weighted by atomic mass is 10.1. The van der Waals surface area contributed by atoms with Crippen molar-refractivity contribution >= 4 is 44.2 Å². The van der Waals surface area contributed by atoms with Crippen molar-refractivity contribution < 1.29 is 9.53 Å². The maximum atomic E-state index is 12.4. The van der Waals surface area contributed by atoms with Crippen LogP contribution in [-0.4, -0.2) is 25.5 Å². The molecule has 1 aliphatic carbocycles. The lowest BCUT2D eigenvalue weighted by molar-refractivity contribution is -0.145. The monoisotopic (exact) mass is 463 g/mol. The molecule has 0 saturated heterocycles. The molecule has 3 heterocycles. The minimum absolute atomic E-state index is 0.0361. The number of aromatic nitrogens is 4. The van der Waals surface area contributed by atoms with Gasteiger partial charge in [0.2, 0.25) is 0 Å². The SMILES string of the molecule is Cn1c(CCC(=O)OCc2nc(N)c3c4c(sc3n2)CCCCC4)nc(=O)c2ccccc21. The number of carbonyl (C=O) groups is 1. The number of ether oxygens (including phenoxy) is 1. The summed E-state index contributed by atoms with van der Waals surface area (Å²) in [6.45, 7) is -0.0361. The van der Waals surface area contributed by atoms with E-state index in [2.05, 4.69) is 15.0 Å². The molecule has 0 amide bonds. The maximum Gasteiger partial charge on any atom is 0.306 e. The van der Waals surface area contributed by atoms with Crippen LogP contribution in [-0.2, 0) is 42.4 Å². The molecular formula is C24H25N5O3S. The first-order valence-corrected chi connectivity index (χ1v) is 12.0. The summed E-state index contributed by atoms with van der Waals surface area (Å²) < 4.78 is 7.24. The van der Waals surface area contributed by atoms with Crippen LogP contribution in [0.25, 0.3) is 21.1 Å². The van der Waals surface area contributed by atoms with Crippen molar-refractivity contribution in [1.29, 1.82) is 0 Å².